The first kappa shape index (κ1) is 13.3. The van der Waals surface area contributed by atoms with E-state index in [0.717, 1.165) is 6.07 Å². The Morgan fingerprint density at radius 2 is 2.12 bits per heavy atom. The lowest BCUT2D eigenvalue weighted by molar-refractivity contribution is 0.321. The van der Waals surface area contributed by atoms with Crippen LogP contribution in [0, 0.1) is 5.82 Å². The molecule has 90 valence electrons. The van der Waals surface area contributed by atoms with Crippen LogP contribution in [0.4, 0.5) is 4.39 Å². The van der Waals surface area contributed by atoms with Crippen molar-refractivity contribution in [1.29, 1.82) is 0 Å². The van der Waals surface area contributed by atoms with Gasteiger partial charge in [0, 0.05) is 10.7 Å². The van der Waals surface area contributed by atoms with Gasteiger partial charge in [-0.1, -0.05) is 6.07 Å². The lowest BCUT2D eigenvalue weighted by Crippen LogP contribution is -2.04. The van der Waals surface area contributed by atoms with Crippen molar-refractivity contribution in [2.24, 2.45) is 0 Å². The molecule has 3 nitrogen and oxygen atoms in total. The molecule has 1 rings (SSSR count). The van der Waals surface area contributed by atoms with E-state index >= 15 is 0 Å². The zero-order chi connectivity index (χ0) is 12.3. The molecule has 1 aromatic carbocycles. The van der Waals surface area contributed by atoms with Gasteiger partial charge in [-0.15, -0.1) is 0 Å². The third-order valence-electron chi connectivity index (χ3n) is 2.15. The van der Waals surface area contributed by atoms with Crippen LogP contribution < -0.4 is 4.74 Å². The SMILES string of the molecule is CCOc1ccc(C(C)S(=O)(=O)Cl)cc1F. The first-order valence-electron chi connectivity index (χ1n) is 4.72. The monoisotopic (exact) mass is 266 g/mol. The quantitative estimate of drug-likeness (QED) is 0.787. The van der Waals surface area contributed by atoms with Gasteiger partial charge in [-0.25, -0.2) is 12.8 Å². The Kier molecular flexibility index (Phi) is 4.15. The second-order valence-electron chi connectivity index (χ2n) is 3.24. The molecular weight excluding hydrogens is 255 g/mol. The molecule has 0 saturated carbocycles. The highest BCUT2D eigenvalue weighted by atomic mass is 35.7. The summed E-state index contributed by atoms with van der Waals surface area (Å²) < 4.78 is 40.6. The molecule has 0 fully saturated rings. The fraction of sp³-hybridized carbons (Fsp3) is 0.400. The summed E-state index contributed by atoms with van der Waals surface area (Å²) in [6.07, 6.45) is 0. The predicted molar refractivity (Wildman–Crippen MR) is 60.8 cm³/mol. The molecule has 0 heterocycles. The summed E-state index contributed by atoms with van der Waals surface area (Å²) in [7, 11) is 1.46. The van der Waals surface area contributed by atoms with Crippen LogP contribution in [0.25, 0.3) is 0 Å². The van der Waals surface area contributed by atoms with Gasteiger partial charge in [0.15, 0.2) is 11.6 Å². The largest absolute Gasteiger partial charge is 0.491 e. The summed E-state index contributed by atoms with van der Waals surface area (Å²) in [5, 5.41) is -0.945. The van der Waals surface area contributed by atoms with Gasteiger partial charge in [-0.05, 0) is 31.5 Å². The van der Waals surface area contributed by atoms with Gasteiger partial charge in [-0.3, -0.25) is 0 Å². The molecule has 0 amide bonds. The molecule has 0 aliphatic carbocycles. The van der Waals surface area contributed by atoms with Crippen molar-refractivity contribution in [2.45, 2.75) is 19.1 Å². The van der Waals surface area contributed by atoms with Crippen LogP contribution >= 0.6 is 10.7 Å². The van der Waals surface area contributed by atoms with Gasteiger partial charge in [0.1, 0.15) is 0 Å². The summed E-state index contributed by atoms with van der Waals surface area (Å²) >= 11 is 0. The summed E-state index contributed by atoms with van der Waals surface area (Å²) in [6, 6.07) is 4.00. The van der Waals surface area contributed by atoms with Crippen molar-refractivity contribution in [2.75, 3.05) is 6.61 Å². The van der Waals surface area contributed by atoms with Crippen molar-refractivity contribution in [3.05, 3.63) is 29.6 Å². The molecule has 0 bridgehead atoms. The Bertz CT molecular complexity index is 473. The van der Waals surface area contributed by atoms with Crippen LogP contribution in [0.3, 0.4) is 0 Å². The molecule has 0 saturated heterocycles. The molecule has 16 heavy (non-hydrogen) atoms. The minimum Gasteiger partial charge on any atom is -0.491 e. The molecule has 0 aromatic heterocycles. The van der Waals surface area contributed by atoms with E-state index in [9.17, 15) is 12.8 Å². The van der Waals surface area contributed by atoms with E-state index in [2.05, 4.69) is 0 Å². The van der Waals surface area contributed by atoms with E-state index in [1.807, 2.05) is 0 Å². The molecule has 0 aliphatic rings. The zero-order valence-corrected chi connectivity index (χ0v) is 10.5. The van der Waals surface area contributed by atoms with Gasteiger partial charge >= 0.3 is 0 Å². The van der Waals surface area contributed by atoms with Gasteiger partial charge < -0.3 is 4.74 Å². The molecule has 0 spiro atoms. The van der Waals surface area contributed by atoms with Crippen LogP contribution in [-0.2, 0) is 9.05 Å². The van der Waals surface area contributed by atoms with Crippen LogP contribution in [0.2, 0.25) is 0 Å². The smallest absolute Gasteiger partial charge is 0.239 e. The molecule has 1 aromatic rings. The van der Waals surface area contributed by atoms with Gasteiger partial charge in [0.2, 0.25) is 9.05 Å². The Balaban J connectivity index is 3.06. The highest BCUT2D eigenvalue weighted by Gasteiger charge is 2.20. The number of ether oxygens (including phenoxy) is 1. The fourth-order valence-electron chi connectivity index (χ4n) is 1.21. The molecule has 6 heteroatoms. The highest BCUT2D eigenvalue weighted by Crippen LogP contribution is 2.28. The number of halogens is 2. The van der Waals surface area contributed by atoms with Crippen LogP contribution in [0.15, 0.2) is 18.2 Å². The second kappa shape index (κ2) is 5.01. The maximum Gasteiger partial charge on any atom is 0.239 e. The molecule has 0 N–H and O–H groups in total. The Hall–Kier alpha value is -0.810. The van der Waals surface area contributed by atoms with Gasteiger partial charge in [0.25, 0.3) is 0 Å². The van der Waals surface area contributed by atoms with Gasteiger partial charge in [0.05, 0.1) is 11.9 Å². The standard InChI is InChI=1S/C10H12ClFO3S/c1-3-15-10-5-4-8(6-9(10)12)7(2)16(11,13)14/h4-7H,3H2,1-2H3. The molecule has 0 radical (unpaired) electrons. The highest BCUT2D eigenvalue weighted by molar-refractivity contribution is 8.13. The number of rotatable bonds is 4. The number of hydrogen-bond acceptors (Lipinski definition) is 3. The summed E-state index contributed by atoms with van der Waals surface area (Å²) in [5.74, 6) is -0.489. The normalized spacial score (nSPS) is 13.5. The maximum absolute atomic E-state index is 13.4. The van der Waals surface area contributed by atoms with E-state index in [0.29, 0.717) is 12.2 Å². The molecular formula is C10H12ClFO3S. The van der Waals surface area contributed by atoms with Crippen molar-refractivity contribution in [3.63, 3.8) is 0 Å². The van der Waals surface area contributed by atoms with Crippen LogP contribution in [0.1, 0.15) is 24.7 Å². The van der Waals surface area contributed by atoms with E-state index < -0.39 is 20.1 Å². The van der Waals surface area contributed by atoms with Crippen molar-refractivity contribution in [1.82, 2.24) is 0 Å². The maximum atomic E-state index is 13.4. The van der Waals surface area contributed by atoms with E-state index in [-0.39, 0.29) is 5.75 Å². The minimum atomic E-state index is -3.73. The number of hydrogen-bond donors (Lipinski definition) is 0. The molecule has 0 aliphatic heterocycles. The minimum absolute atomic E-state index is 0.102. The van der Waals surface area contributed by atoms with E-state index in [1.165, 1.54) is 19.1 Å². The van der Waals surface area contributed by atoms with Crippen LogP contribution in [0.5, 0.6) is 5.75 Å². The first-order valence-corrected chi connectivity index (χ1v) is 7.09. The summed E-state index contributed by atoms with van der Waals surface area (Å²) in [5.41, 5.74) is 0.302. The third kappa shape index (κ3) is 3.09. The van der Waals surface area contributed by atoms with Crippen molar-refractivity contribution >= 4 is 19.7 Å². The fourth-order valence-corrected chi connectivity index (χ4v) is 1.99. The topological polar surface area (TPSA) is 43.4 Å². The predicted octanol–water partition coefficient (Wildman–Crippen LogP) is 2.85. The lowest BCUT2D eigenvalue weighted by Gasteiger charge is -2.10. The average Bonchev–Trinajstić information content (AvgIpc) is 2.19. The van der Waals surface area contributed by atoms with E-state index in [1.54, 1.807) is 6.92 Å². The van der Waals surface area contributed by atoms with Crippen molar-refractivity contribution in [3.8, 4) is 5.75 Å². The summed E-state index contributed by atoms with van der Waals surface area (Å²) in [6.45, 7) is 3.48. The summed E-state index contributed by atoms with van der Waals surface area (Å²) in [4.78, 5) is 0. The first-order chi connectivity index (χ1) is 7.36. The van der Waals surface area contributed by atoms with Crippen LogP contribution in [-0.4, -0.2) is 15.0 Å². The third-order valence-corrected chi connectivity index (χ3v) is 4.07. The Morgan fingerprint density at radius 1 is 1.50 bits per heavy atom. The Labute approximate surface area is 98.6 Å². The average molecular weight is 267 g/mol. The van der Waals surface area contributed by atoms with E-state index in [4.69, 9.17) is 15.4 Å². The molecule has 1 atom stereocenters. The van der Waals surface area contributed by atoms with Crippen molar-refractivity contribution < 1.29 is 17.5 Å². The molecule has 1 unspecified atom stereocenters. The number of benzene rings is 1. The Morgan fingerprint density at radius 3 is 2.56 bits per heavy atom. The lowest BCUT2D eigenvalue weighted by atomic mass is 10.1. The zero-order valence-electron chi connectivity index (χ0n) is 8.91. The van der Waals surface area contributed by atoms with Gasteiger partial charge in [-0.2, -0.15) is 0 Å². The second-order valence-corrected chi connectivity index (χ2v) is 6.19.